The number of amides is 1. The van der Waals surface area contributed by atoms with Gasteiger partial charge < -0.3 is 14.8 Å². The van der Waals surface area contributed by atoms with Gasteiger partial charge in [0.2, 0.25) is 11.8 Å². The largest absolute Gasteiger partial charge is 0.493 e. The lowest BCUT2D eigenvalue weighted by atomic mass is 10.1. The molecule has 27 heavy (non-hydrogen) atoms. The molecule has 2 heterocycles. The van der Waals surface area contributed by atoms with Gasteiger partial charge in [0.05, 0.1) is 24.9 Å². The molecule has 4 rings (SSSR count). The van der Waals surface area contributed by atoms with Crippen molar-refractivity contribution in [2.75, 3.05) is 11.9 Å². The van der Waals surface area contributed by atoms with Crippen LogP contribution in [0.3, 0.4) is 0 Å². The van der Waals surface area contributed by atoms with Crippen LogP contribution in [0.1, 0.15) is 11.1 Å². The molecule has 0 bridgehead atoms. The third-order valence-corrected chi connectivity index (χ3v) is 4.17. The molecule has 0 saturated carbocycles. The van der Waals surface area contributed by atoms with Gasteiger partial charge in [-0.1, -0.05) is 12.1 Å². The summed E-state index contributed by atoms with van der Waals surface area (Å²) in [6.45, 7) is 0.697. The summed E-state index contributed by atoms with van der Waals surface area (Å²) in [6.07, 6.45) is 2.68. The highest BCUT2D eigenvalue weighted by molar-refractivity contribution is 5.92. The molecule has 136 valence electrons. The first-order valence-corrected chi connectivity index (χ1v) is 8.60. The first-order chi connectivity index (χ1) is 13.2. The molecule has 1 aliphatic heterocycles. The van der Waals surface area contributed by atoms with E-state index in [1.807, 2.05) is 18.2 Å². The van der Waals surface area contributed by atoms with Crippen LogP contribution >= 0.6 is 0 Å². The van der Waals surface area contributed by atoms with E-state index in [4.69, 9.17) is 9.47 Å². The van der Waals surface area contributed by atoms with Gasteiger partial charge in [0.1, 0.15) is 17.3 Å². The van der Waals surface area contributed by atoms with Gasteiger partial charge in [-0.15, -0.1) is 0 Å². The van der Waals surface area contributed by atoms with E-state index in [9.17, 15) is 9.18 Å². The SMILES string of the molecule is O=C(Cc1ccc2c(c1)CCO2)Nc1ccc(Oc2ccc(F)cc2)nc1. The fourth-order valence-electron chi connectivity index (χ4n) is 2.88. The molecular weight excluding hydrogens is 347 g/mol. The van der Waals surface area contributed by atoms with E-state index in [1.165, 1.54) is 30.5 Å². The second-order valence-electron chi connectivity index (χ2n) is 6.21. The molecular formula is C21H17FN2O3. The number of rotatable bonds is 5. The Bertz CT molecular complexity index is 956. The quantitative estimate of drug-likeness (QED) is 0.740. The van der Waals surface area contributed by atoms with Crippen molar-refractivity contribution in [1.29, 1.82) is 0 Å². The summed E-state index contributed by atoms with van der Waals surface area (Å²) in [5, 5.41) is 2.82. The van der Waals surface area contributed by atoms with Crippen LogP contribution in [0.15, 0.2) is 60.8 Å². The van der Waals surface area contributed by atoms with Gasteiger partial charge in [-0.3, -0.25) is 4.79 Å². The minimum atomic E-state index is -0.329. The van der Waals surface area contributed by atoms with Crippen LogP contribution in [-0.4, -0.2) is 17.5 Å². The molecule has 0 atom stereocenters. The summed E-state index contributed by atoms with van der Waals surface area (Å²) < 4.78 is 23.9. The first kappa shape index (κ1) is 17.0. The van der Waals surface area contributed by atoms with Crippen LogP contribution in [0.4, 0.5) is 10.1 Å². The zero-order valence-corrected chi connectivity index (χ0v) is 14.4. The van der Waals surface area contributed by atoms with E-state index in [0.717, 1.165) is 23.3 Å². The first-order valence-electron chi connectivity index (χ1n) is 8.60. The molecule has 0 fully saturated rings. The van der Waals surface area contributed by atoms with Gasteiger partial charge in [-0.05, 0) is 47.5 Å². The van der Waals surface area contributed by atoms with E-state index < -0.39 is 0 Å². The summed E-state index contributed by atoms with van der Waals surface area (Å²) >= 11 is 0. The van der Waals surface area contributed by atoms with Gasteiger partial charge in [0.15, 0.2) is 0 Å². The number of aromatic nitrogens is 1. The lowest BCUT2D eigenvalue weighted by molar-refractivity contribution is -0.115. The normalized spacial score (nSPS) is 12.2. The molecule has 0 unspecified atom stereocenters. The number of carbonyl (C=O) groups excluding carboxylic acids is 1. The molecule has 5 nitrogen and oxygen atoms in total. The van der Waals surface area contributed by atoms with E-state index in [1.54, 1.807) is 12.1 Å². The number of benzene rings is 2. The highest BCUT2D eigenvalue weighted by Gasteiger charge is 2.13. The number of carbonyl (C=O) groups is 1. The summed E-state index contributed by atoms with van der Waals surface area (Å²) in [7, 11) is 0. The number of nitrogens with zero attached hydrogens (tertiary/aromatic N) is 1. The Morgan fingerprint density at radius 2 is 2.00 bits per heavy atom. The fraction of sp³-hybridized carbons (Fsp3) is 0.143. The maximum atomic E-state index is 12.9. The third-order valence-electron chi connectivity index (χ3n) is 4.17. The lowest BCUT2D eigenvalue weighted by Gasteiger charge is -2.08. The summed E-state index contributed by atoms with van der Waals surface area (Å²) in [5.74, 6) is 1.30. The van der Waals surface area contributed by atoms with Crippen molar-refractivity contribution in [3.05, 3.63) is 77.7 Å². The smallest absolute Gasteiger partial charge is 0.228 e. The zero-order chi connectivity index (χ0) is 18.6. The molecule has 2 aromatic carbocycles. The molecule has 0 aliphatic carbocycles. The van der Waals surface area contributed by atoms with Gasteiger partial charge in [-0.2, -0.15) is 0 Å². The topological polar surface area (TPSA) is 60.5 Å². The average molecular weight is 364 g/mol. The summed E-state index contributed by atoms with van der Waals surface area (Å²) in [6, 6.07) is 14.9. The molecule has 0 spiro atoms. The van der Waals surface area contributed by atoms with E-state index in [-0.39, 0.29) is 18.1 Å². The number of pyridine rings is 1. The molecule has 0 radical (unpaired) electrons. The van der Waals surface area contributed by atoms with E-state index in [0.29, 0.717) is 23.9 Å². The van der Waals surface area contributed by atoms with Crippen LogP contribution in [0.5, 0.6) is 17.4 Å². The van der Waals surface area contributed by atoms with Crippen molar-refractivity contribution in [3.8, 4) is 17.4 Å². The van der Waals surface area contributed by atoms with E-state index >= 15 is 0 Å². The standard InChI is InChI=1S/C21H17FN2O3/c22-16-2-5-18(6-3-16)27-21-8-4-17(13-23-21)24-20(25)12-14-1-7-19-15(11-14)9-10-26-19/h1-8,11,13H,9-10,12H2,(H,24,25). The second kappa shape index (κ2) is 7.45. The predicted molar refractivity (Wildman–Crippen MR) is 98.7 cm³/mol. The molecule has 0 saturated heterocycles. The van der Waals surface area contributed by atoms with Crippen molar-refractivity contribution in [3.63, 3.8) is 0 Å². The molecule has 1 aliphatic rings. The monoisotopic (exact) mass is 364 g/mol. The minimum Gasteiger partial charge on any atom is -0.493 e. The highest BCUT2D eigenvalue weighted by Crippen LogP contribution is 2.26. The average Bonchev–Trinajstić information content (AvgIpc) is 3.13. The lowest BCUT2D eigenvalue weighted by Crippen LogP contribution is -2.14. The zero-order valence-electron chi connectivity index (χ0n) is 14.4. The Labute approximate surface area is 155 Å². The Kier molecular flexibility index (Phi) is 4.70. The Balaban J connectivity index is 1.35. The van der Waals surface area contributed by atoms with Crippen molar-refractivity contribution in [2.24, 2.45) is 0 Å². The fourth-order valence-corrected chi connectivity index (χ4v) is 2.88. The Hall–Kier alpha value is -3.41. The second-order valence-corrected chi connectivity index (χ2v) is 6.21. The molecule has 1 N–H and O–H groups in total. The van der Waals surface area contributed by atoms with E-state index in [2.05, 4.69) is 10.3 Å². The molecule has 1 aromatic heterocycles. The molecule has 6 heteroatoms. The number of ether oxygens (including phenoxy) is 2. The minimum absolute atomic E-state index is 0.122. The highest BCUT2D eigenvalue weighted by atomic mass is 19.1. The van der Waals surface area contributed by atoms with Crippen molar-refractivity contribution < 1.29 is 18.7 Å². The number of nitrogens with one attached hydrogen (secondary N) is 1. The predicted octanol–water partition coefficient (Wildman–Crippen LogP) is 4.13. The van der Waals surface area contributed by atoms with Crippen LogP contribution in [0.2, 0.25) is 0 Å². The van der Waals surface area contributed by atoms with Crippen LogP contribution in [-0.2, 0) is 17.6 Å². The molecule has 3 aromatic rings. The summed E-state index contributed by atoms with van der Waals surface area (Å²) in [5.41, 5.74) is 2.67. The number of hydrogen-bond acceptors (Lipinski definition) is 4. The van der Waals surface area contributed by atoms with Gasteiger partial charge in [0.25, 0.3) is 0 Å². The van der Waals surface area contributed by atoms with Crippen molar-refractivity contribution in [2.45, 2.75) is 12.8 Å². The van der Waals surface area contributed by atoms with Crippen molar-refractivity contribution >= 4 is 11.6 Å². The van der Waals surface area contributed by atoms with Crippen LogP contribution < -0.4 is 14.8 Å². The van der Waals surface area contributed by atoms with Crippen molar-refractivity contribution in [1.82, 2.24) is 4.98 Å². The number of halogens is 1. The van der Waals surface area contributed by atoms with Gasteiger partial charge in [0, 0.05) is 12.5 Å². The Morgan fingerprint density at radius 1 is 1.15 bits per heavy atom. The van der Waals surface area contributed by atoms with Gasteiger partial charge >= 0.3 is 0 Å². The molecule has 1 amide bonds. The summed E-state index contributed by atoms with van der Waals surface area (Å²) in [4.78, 5) is 16.4. The number of anilines is 1. The Morgan fingerprint density at radius 3 is 2.78 bits per heavy atom. The van der Waals surface area contributed by atoms with Crippen LogP contribution in [0.25, 0.3) is 0 Å². The van der Waals surface area contributed by atoms with Crippen LogP contribution in [0, 0.1) is 5.82 Å². The number of fused-ring (bicyclic) bond motifs is 1. The maximum Gasteiger partial charge on any atom is 0.228 e. The number of hydrogen-bond donors (Lipinski definition) is 1. The van der Waals surface area contributed by atoms with Gasteiger partial charge in [-0.25, -0.2) is 9.37 Å². The maximum absolute atomic E-state index is 12.9. The third kappa shape index (κ3) is 4.23.